The first-order chi connectivity index (χ1) is 23.1. The Morgan fingerprint density at radius 1 is 0.816 bits per heavy atom. The van der Waals surface area contributed by atoms with Gasteiger partial charge in [0.05, 0.1) is 31.7 Å². The van der Waals surface area contributed by atoms with E-state index in [9.17, 15) is 33.2 Å². The van der Waals surface area contributed by atoms with E-state index in [0.717, 1.165) is 10.6 Å². The molecule has 18 heteroatoms. The highest BCUT2D eigenvalue weighted by Crippen LogP contribution is 2.64. The first-order valence-electron chi connectivity index (χ1n) is 15.0. The number of ether oxygens (including phenoxy) is 3. The maximum absolute atomic E-state index is 13.7. The van der Waals surface area contributed by atoms with Crippen LogP contribution in [0.25, 0.3) is 0 Å². The summed E-state index contributed by atoms with van der Waals surface area (Å²) >= 11 is 0. The molecule has 1 aliphatic heterocycles. The van der Waals surface area contributed by atoms with Gasteiger partial charge in [0, 0.05) is 12.3 Å². The molecule has 0 spiro atoms. The molecule has 0 saturated heterocycles. The van der Waals surface area contributed by atoms with Crippen LogP contribution in [0, 0.1) is 11.8 Å². The van der Waals surface area contributed by atoms with Gasteiger partial charge in [-0.05, 0) is 41.5 Å². The van der Waals surface area contributed by atoms with Crippen molar-refractivity contribution in [2.75, 3.05) is 6.61 Å². The Morgan fingerprint density at radius 2 is 1.33 bits per heavy atom. The molecule has 0 aliphatic carbocycles. The monoisotopic (exact) mass is 722 g/mol. The van der Waals surface area contributed by atoms with E-state index in [0.29, 0.717) is 11.1 Å². The maximum Gasteiger partial charge on any atom is 0.484 e. The molecule has 0 radical (unpaired) electrons. The minimum absolute atomic E-state index is 0.268. The van der Waals surface area contributed by atoms with Crippen molar-refractivity contribution in [3.63, 3.8) is 0 Å². The predicted molar refractivity (Wildman–Crippen MR) is 172 cm³/mol. The summed E-state index contributed by atoms with van der Waals surface area (Å²) in [4.78, 5) is 59.7. The quantitative estimate of drug-likeness (QED) is 0.0883. The van der Waals surface area contributed by atoms with E-state index in [4.69, 9.17) is 32.1 Å². The molecule has 2 N–H and O–H groups in total. The van der Waals surface area contributed by atoms with Crippen LogP contribution in [0.5, 0.6) is 11.5 Å². The summed E-state index contributed by atoms with van der Waals surface area (Å²) in [6.07, 6.45) is 2.29. The van der Waals surface area contributed by atoms with E-state index in [1.807, 2.05) is 0 Å². The van der Waals surface area contributed by atoms with Gasteiger partial charge in [-0.2, -0.15) is 4.31 Å². The standard InChI is InChI=1S/C31H36N2O14P2/c1-20(2)29(35)45-24-9-5-22(6-10-24)17-42-49(40,43-18-23-7-11-25(12-8-23)46-30(36)21(3)4)47-48(38,39)41-19-26-13-14-28(44-26)33-16-15-27(34)32-31(33)37/h5-16,20-21,26,28H,17-19H2,1-4H3,(H,38,39)(H,32,34,37)/t26-,28+/m0/s1. The third kappa shape index (κ3) is 11.6. The Morgan fingerprint density at radius 3 is 1.80 bits per heavy atom. The fourth-order valence-electron chi connectivity index (χ4n) is 3.85. The Balaban J connectivity index is 1.41. The molecule has 3 atom stereocenters. The minimum atomic E-state index is -5.14. The molecule has 0 fully saturated rings. The molecule has 0 saturated carbocycles. The number of aromatic nitrogens is 2. The number of phosphoric ester groups is 2. The number of H-pyrrole nitrogens is 1. The number of nitrogens with one attached hydrogen (secondary N) is 1. The summed E-state index contributed by atoms with van der Waals surface area (Å²) in [6.45, 7) is 5.36. The Bertz CT molecular complexity index is 1780. The van der Waals surface area contributed by atoms with Crippen molar-refractivity contribution in [1.29, 1.82) is 0 Å². The predicted octanol–water partition coefficient (Wildman–Crippen LogP) is 4.79. The zero-order valence-corrected chi connectivity index (χ0v) is 28.7. The van der Waals surface area contributed by atoms with Crippen LogP contribution < -0.4 is 20.7 Å². The molecule has 264 valence electrons. The van der Waals surface area contributed by atoms with E-state index in [1.54, 1.807) is 27.7 Å². The smallest absolute Gasteiger partial charge is 0.426 e. The number of aromatic amines is 1. The normalized spacial score (nSPS) is 17.3. The number of hydrogen-bond donors (Lipinski definition) is 2. The van der Waals surface area contributed by atoms with Gasteiger partial charge < -0.3 is 19.1 Å². The Labute approximate surface area is 280 Å². The first-order valence-corrected chi connectivity index (χ1v) is 17.9. The summed E-state index contributed by atoms with van der Waals surface area (Å²) in [6, 6.07) is 13.2. The highest BCUT2D eigenvalue weighted by Gasteiger charge is 2.39. The summed E-state index contributed by atoms with van der Waals surface area (Å²) in [5, 5.41) is 0. The van der Waals surface area contributed by atoms with Gasteiger partial charge in [-0.25, -0.2) is 13.9 Å². The molecular formula is C31H36N2O14P2. The number of hydrogen-bond acceptors (Lipinski definition) is 13. The van der Waals surface area contributed by atoms with Crippen molar-refractivity contribution in [2.45, 2.75) is 53.2 Å². The molecule has 0 bridgehead atoms. The van der Waals surface area contributed by atoms with E-state index < -0.39 is 71.0 Å². The van der Waals surface area contributed by atoms with Crippen LogP contribution in [0.2, 0.25) is 0 Å². The molecule has 4 rings (SSSR count). The van der Waals surface area contributed by atoms with Crippen molar-refractivity contribution >= 4 is 27.6 Å². The average Bonchev–Trinajstić information content (AvgIpc) is 3.52. The van der Waals surface area contributed by atoms with Crippen molar-refractivity contribution in [2.24, 2.45) is 11.8 Å². The molecule has 2 aromatic carbocycles. The highest BCUT2D eigenvalue weighted by atomic mass is 31.3. The lowest BCUT2D eigenvalue weighted by Crippen LogP contribution is -2.32. The van der Waals surface area contributed by atoms with E-state index >= 15 is 0 Å². The van der Waals surface area contributed by atoms with Gasteiger partial charge >= 0.3 is 33.3 Å². The van der Waals surface area contributed by atoms with Crippen LogP contribution in [-0.2, 0) is 54.6 Å². The van der Waals surface area contributed by atoms with Gasteiger partial charge in [-0.3, -0.25) is 37.5 Å². The summed E-state index contributed by atoms with van der Waals surface area (Å²) in [5.74, 6) is -1.01. The number of nitrogens with zero attached hydrogens (tertiary/aromatic N) is 1. The van der Waals surface area contributed by atoms with Gasteiger partial charge in [0.25, 0.3) is 5.56 Å². The molecule has 1 unspecified atom stereocenters. The van der Waals surface area contributed by atoms with Gasteiger partial charge in [-0.15, -0.1) is 0 Å². The average molecular weight is 723 g/mol. The molecule has 3 aromatic rings. The van der Waals surface area contributed by atoms with Crippen LogP contribution in [-0.4, -0.2) is 39.1 Å². The Kier molecular flexibility index (Phi) is 12.8. The lowest BCUT2D eigenvalue weighted by Gasteiger charge is -2.22. The third-order valence-electron chi connectivity index (χ3n) is 6.54. The molecule has 2 heterocycles. The zero-order valence-electron chi connectivity index (χ0n) is 27.0. The van der Waals surface area contributed by atoms with Crippen molar-refractivity contribution in [1.82, 2.24) is 9.55 Å². The summed E-state index contributed by atoms with van der Waals surface area (Å²) < 4.78 is 64.7. The van der Waals surface area contributed by atoms with Crippen molar-refractivity contribution in [3.05, 3.63) is 105 Å². The lowest BCUT2D eigenvalue weighted by atomic mass is 10.2. The van der Waals surface area contributed by atoms with Crippen molar-refractivity contribution in [3.8, 4) is 11.5 Å². The highest BCUT2D eigenvalue weighted by molar-refractivity contribution is 7.61. The van der Waals surface area contributed by atoms with Gasteiger partial charge in [0.15, 0.2) is 6.23 Å². The lowest BCUT2D eigenvalue weighted by molar-refractivity contribution is -0.138. The number of phosphoric acid groups is 2. The van der Waals surface area contributed by atoms with Crippen LogP contribution in [0.1, 0.15) is 45.0 Å². The van der Waals surface area contributed by atoms with Gasteiger partial charge in [-0.1, -0.05) is 58.0 Å². The summed E-state index contributed by atoms with van der Waals surface area (Å²) in [5.41, 5.74) is -0.471. The van der Waals surface area contributed by atoms with Crippen LogP contribution in [0.4, 0.5) is 0 Å². The van der Waals surface area contributed by atoms with Gasteiger partial charge in [0.1, 0.15) is 17.6 Å². The molecule has 0 amide bonds. The fraction of sp³-hybridized carbons (Fsp3) is 0.355. The number of carbonyl (C=O) groups excluding carboxylic acids is 2. The molecule has 1 aliphatic rings. The number of benzene rings is 2. The van der Waals surface area contributed by atoms with E-state index in [1.165, 1.54) is 66.9 Å². The second kappa shape index (κ2) is 16.6. The minimum Gasteiger partial charge on any atom is -0.426 e. The zero-order chi connectivity index (χ0) is 35.8. The van der Waals surface area contributed by atoms with Crippen LogP contribution >= 0.6 is 15.6 Å². The first kappa shape index (κ1) is 37.8. The topological polar surface area (TPSA) is 208 Å². The van der Waals surface area contributed by atoms with Crippen molar-refractivity contribution < 1.29 is 55.7 Å². The maximum atomic E-state index is 13.7. The molecule has 49 heavy (non-hydrogen) atoms. The molecule has 1 aromatic heterocycles. The van der Waals surface area contributed by atoms with E-state index in [-0.39, 0.29) is 23.3 Å². The summed E-state index contributed by atoms with van der Waals surface area (Å²) in [7, 11) is -9.99. The number of esters is 2. The Hall–Kier alpha value is -3.98. The molecular weight excluding hydrogens is 686 g/mol. The number of carbonyl (C=O) groups is 2. The largest absolute Gasteiger partial charge is 0.484 e. The second-order valence-electron chi connectivity index (χ2n) is 11.2. The van der Waals surface area contributed by atoms with Gasteiger partial charge in [0.2, 0.25) is 0 Å². The fourth-order valence-corrected chi connectivity index (χ4v) is 6.46. The second-order valence-corrected chi connectivity index (χ2v) is 14.5. The number of rotatable bonds is 16. The van der Waals surface area contributed by atoms with Crippen LogP contribution in [0.3, 0.4) is 0 Å². The SMILES string of the molecule is CC(C)C(=O)Oc1ccc(COP(=O)(OCc2ccc(OC(=O)C(C)C)cc2)OP(=O)(O)OC[C@@H]2C=C[C@H](n3ccc(=O)[nH]c3=O)O2)cc1. The third-order valence-corrected chi connectivity index (χ3v) is 9.53. The van der Waals surface area contributed by atoms with Crippen LogP contribution in [0.15, 0.2) is 82.5 Å². The van der Waals surface area contributed by atoms with E-state index in [2.05, 4.69) is 4.98 Å². The molecule has 16 nitrogen and oxygen atoms in total.